The zero-order valence-corrected chi connectivity index (χ0v) is 13.2. The van der Waals surface area contributed by atoms with Gasteiger partial charge in [0.2, 0.25) is 0 Å². The van der Waals surface area contributed by atoms with Gasteiger partial charge in [0, 0.05) is 5.69 Å². The Bertz CT molecular complexity index is 796. The summed E-state index contributed by atoms with van der Waals surface area (Å²) in [7, 11) is 0. The Kier molecular flexibility index (Phi) is 4.61. The molecule has 5 heteroatoms. The number of para-hydroxylation sites is 1. The predicted octanol–water partition coefficient (Wildman–Crippen LogP) is 3.07. The van der Waals surface area contributed by atoms with Gasteiger partial charge in [-0.25, -0.2) is 0 Å². The lowest BCUT2D eigenvalue weighted by Gasteiger charge is -2.18. The molecule has 0 bridgehead atoms. The summed E-state index contributed by atoms with van der Waals surface area (Å²) in [5, 5.41) is 2.72. The Hall–Kier alpha value is -3.08. The molecule has 122 valence electrons. The minimum atomic E-state index is -0.441. The predicted molar refractivity (Wildman–Crippen MR) is 91.2 cm³/mol. The molecule has 1 aliphatic rings. The van der Waals surface area contributed by atoms with Crippen molar-refractivity contribution < 1.29 is 19.1 Å². The molecule has 1 aliphatic heterocycles. The van der Waals surface area contributed by atoms with E-state index in [0.717, 1.165) is 0 Å². The molecule has 0 aliphatic carbocycles. The van der Waals surface area contributed by atoms with Gasteiger partial charge in [0.1, 0.15) is 13.2 Å². The van der Waals surface area contributed by atoms with Crippen molar-refractivity contribution in [2.75, 3.05) is 18.5 Å². The highest BCUT2D eigenvalue weighted by Crippen LogP contribution is 2.31. The Morgan fingerprint density at radius 1 is 1.00 bits per heavy atom. The Balaban J connectivity index is 1.86. The minimum absolute atomic E-state index is 0.0792. The van der Waals surface area contributed by atoms with Crippen LogP contribution in [0, 0.1) is 0 Å². The number of carbonyl (C=O) groups is 2. The summed E-state index contributed by atoms with van der Waals surface area (Å²) in [6, 6.07) is 14.3. The van der Waals surface area contributed by atoms with E-state index in [4.69, 9.17) is 9.47 Å². The van der Waals surface area contributed by atoms with Crippen LogP contribution in [0.25, 0.3) is 6.08 Å². The van der Waals surface area contributed by atoms with Crippen molar-refractivity contribution in [3.8, 4) is 11.5 Å². The molecule has 0 atom stereocenters. The van der Waals surface area contributed by atoms with Crippen LogP contribution < -0.4 is 14.8 Å². The summed E-state index contributed by atoms with van der Waals surface area (Å²) >= 11 is 0. The molecular formula is C19H17NO4. The topological polar surface area (TPSA) is 64.6 Å². The third-order valence-electron chi connectivity index (χ3n) is 3.53. The van der Waals surface area contributed by atoms with Crippen molar-refractivity contribution in [1.82, 2.24) is 0 Å². The van der Waals surface area contributed by atoms with Gasteiger partial charge < -0.3 is 14.8 Å². The van der Waals surface area contributed by atoms with Crippen LogP contribution in [0.15, 0.2) is 54.1 Å². The van der Waals surface area contributed by atoms with Gasteiger partial charge in [-0.05, 0) is 42.8 Å². The Labute approximate surface area is 139 Å². The lowest BCUT2D eigenvalue weighted by Crippen LogP contribution is -2.19. The van der Waals surface area contributed by atoms with Gasteiger partial charge >= 0.3 is 0 Å². The fourth-order valence-corrected chi connectivity index (χ4v) is 2.36. The number of anilines is 1. The number of rotatable bonds is 4. The second kappa shape index (κ2) is 7.00. The van der Waals surface area contributed by atoms with Crippen LogP contribution in [0.2, 0.25) is 0 Å². The third-order valence-corrected chi connectivity index (χ3v) is 3.53. The van der Waals surface area contributed by atoms with E-state index in [0.29, 0.717) is 36.0 Å². The van der Waals surface area contributed by atoms with Crippen LogP contribution >= 0.6 is 0 Å². The molecule has 2 aromatic rings. The van der Waals surface area contributed by atoms with Crippen LogP contribution in [0.4, 0.5) is 5.69 Å². The van der Waals surface area contributed by atoms with Crippen molar-refractivity contribution in [3.05, 3.63) is 59.7 Å². The van der Waals surface area contributed by atoms with Crippen molar-refractivity contribution in [3.63, 3.8) is 0 Å². The number of benzene rings is 2. The number of carbonyl (C=O) groups excluding carboxylic acids is 2. The second-order valence-electron chi connectivity index (χ2n) is 5.34. The monoisotopic (exact) mass is 323 g/mol. The molecule has 0 unspecified atom stereocenters. The molecule has 0 aromatic heterocycles. The zero-order chi connectivity index (χ0) is 16.9. The maximum atomic E-state index is 12.4. The number of nitrogens with one attached hydrogen (secondary N) is 1. The normalized spacial score (nSPS) is 13.3. The summed E-state index contributed by atoms with van der Waals surface area (Å²) in [4.78, 5) is 24.3. The molecule has 5 nitrogen and oxygen atoms in total. The maximum Gasteiger partial charge on any atom is 0.259 e. The second-order valence-corrected chi connectivity index (χ2v) is 5.34. The Morgan fingerprint density at radius 2 is 1.71 bits per heavy atom. The molecule has 1 heterocycles. The first-order valence-electron chi connectivity index (χ1n) is 7.62. The first kappa shape index (κ1) is 15.8. The lowest BCUT2D eigenvalue weighted by molar-refractivity contribution is -0.118. The molecule has 0 saturated heterocycles. The van der Waals surface area contributed by atoms with E-state index in [1.807, 2.05) is 18.2 Å². The molecule has 1 amide bonds. The van der Waals surface area contributed by atoms with Gasteiger partial charge in [-0.15, -0.1) is 0 Å². The van der Waals surface area contributed by atoms with Gasteiger partial charge in [-0.1, -0.05) is 24.3 Å². The van der Waals surface area contributed by atoms with Gasteiger partial charge in [0.25, 0.3) is 5.91 Å². The third kappa shape index (κ3) is 3.63. The van der Waals surface area contributed by atoms with E-state index in [2.05, 4.69) is 5.32 Å². The maximum absolute atomic E-state index is 12.4. The molecule has 0 spiro atoms. The van der Waals surface area contributed by atoms with Crippen LogP contribution in [0.1, 0.15) is 12.5 Å². The molecule has 0 saturated carbocycles. The average molecular weight is 323 g/mol. The van der Waals surface area contributed by atoms with Crippen molar-refractivity contribution in [2.45, 2.75) is 6.92 Å². The summed E-state index contributed by atoms with van der Waals surface area (Å²) in [5.41, 5.74) is 1.42. The smallest absolute Gasteiger partial charge is 0.259 e. The van der Waals surface area contributed by atoms with E-state index >= 15 is 0 Å². The average Bonchev–Trinajstić information content (AvgIpc) is 2.60. The quantitative estimate of drug-likeness (QED) is 0.533. The van der Waals surface area contributed by atoms with Gasteiger partial charge in [0.15, 0.2) is 17.3 Å². The first-order valence-corrected chi connectivity index (χ1v) is 7.62. The van der Waals surface area contributed by atoms with Gasteiger partial charge in [-0.3, -0.25) is 9.59 Å². The van der Waals surface area contributed by atoms with Crippen molar-refractivity contribution >= 4 is 23.5 Å². The molecule has 1 N–H and O–H groups in total. The molecule has 2 aromatic carbocycles. The Morgan fingerprint density at radius 3 is 2.42 bits per heavy atom. The van der Waals surface area contributed by atoms with Gasteiger partial charge in [-0.2, -0.15) is 0 Å². The van der Waals surface area contributed by atoms with E-state index in [9.17, 15) is 9.59 Å². The zero-order valence-electron chi connectivity index (χ0n) is 13.2. The van der Waals surface area contributed by atoms with Gasteiger partial charge in [0.05, 0.1) is 5.57 Å². The number of ketones is 1. The SMILES string of the molecule is CC(=O)C(=Cc1ccc2c(c1)OCCO2)C(=O)Nc1ccccc1. The molecule has 0 fully saturated rings. The molecule has 24 heavy (non-hydrogen) atoms. The number of fused-ring (bicyclic) bond motifs is 1. The fraction of sp³-hybridized carbons (Fsp3) is 0.158. The van der Waals surface area contributed by atoms with E-state index in [1.165, 1.54) is 6.92 Å². The number of hydrogen-bond acceptors (Lipinski definition) is 4. The van der Waals surface area contributed by atoms with E-state index in [1.54, 1.807) is 36.4 Å². The number of hydrogen-bond donors (Lipinski definition) is 1. The highest BCUT2D eigenvalue weighted by molar-refractivity contribution is 6.25. The standard InChI is InChI=1S/C19H17NO4/c1-13(21)16(19(22)20-15-5-3-2-4-6-15)11-14-7-8-17-18(12-14)24-10-9-23-17/h2-8,11-12H,9-10H2,1H3,(H,20,22). The number of Topliss-reactive ketones (excluding diaryl/α,β-unsaturated/α-hetero) is 1. The van der Waals surface area contributed by atoms with E-state index in [-0.39, 0.29) is 11.4 Å². The van der Waals surface area contributed by atoms with Crippen LogP contribution in [-0.2, 0) is 9.59 Å². The van der Waals surface area contributed by atoms with E-state index < -0.39 is 5.91 Å². The van der Waals surface area contributed by atoms with Crippen LogP contribution in [-0.4, -0.2) is 24.9 Å². The first-order chi connectivity index (χ1) is 11.6. The molecular weight excluding hydrogens is 306 g/mol. The summed E-state index contributed by atoms with van der Waals surface area (Å²) in [6.07, 6.45) is 1.55. The van der Waals surface area contributed by atoms with Crippen LogP contribution in [0.5, 0.6) is 11.5 Å². The lowest BCUT2D eigenvalue weighted by atomic mass is 10.1. The highest BCUT2D eigenvalue weighted by atomic mass is 16.6. The highest BCUT2D eigenvalue weighted by Gasteiger charge is 2.16. The summed E-state index contributed by atoms with van der Waals surface area (Å²) in [5.74, 6) is 0.528. The summed E-state index contributed by atoms with van der Waals surface area (Å²) in [6.45, 7) is 2.36. The molecule has 0 radical (unpaired) electrons. The largest absolute Gasteiger partial charge is 0.486 e. The fourth-order valence-electron chi connectivity index (χ4n) is 2.36. The van der Waals surface area contributed by atoms with Crippen molar-refractivity contribution in [1.29, 1.82) is 0 Å². The van der Waals surface area contributed by atoms with Crippen molar-refractivity contribution in [2.24, 2.45) is 0 Å². The number of ether oxygens (including phenoxy) is 2. The molecule has 3 rings (SSSR count). The van der Waals surface area contributed by atoms with Crippen LogP contribution in [0.3, 0.4) is 0 Å². The minimum Gasteiger partial charge on any atom is -0.486 e. The number of amides is 1. The summed E-state index contributed by atoms with van der Waals surface area (Å²) < 4.78 is 11.0.